The summed E-state index contributed by atoms with van der Waals surface area (Å²) in [6.45, 7) is -0.190. The van der Waals surface area contributed by atoms with E-state index in [-0.39, 0.29) is 18.4 Å². The Balaban J connectivity index is 1.50. The van der Waals surface area contributed by atoms with Gasteiger partial charge in [0, 0.05) is 11.4 Å². The van der Waals surface area contributed by atoms with Crippen LogP contribution in [-0.4, -0.2) is 30.7 Å². The third-order valence-corrected chi connectivity index (χ3v) is 5.73. The number of β-lactam (4-membered cyclic amide) rings is 1. The molecule has 6 heteroatoms. The predicted octanol–water partition coefficient (Wildman–Crippen LogP) is 4.92. The van der Waals surface area contributed by atoms with Crippen LogP contribution in [0.2, 0.25) is 0 Å². The highest BCUT2D eigenvalue weighted by molar-refractivity contribution is 6.09. The minimum atomic E-state index is -0.876. The molecule has 4 aromatic rings. The molecule has 1 fully saturated rings. The minimum absolute atomic E-state index is 0.190. The van der Waals surface area contributed by atoms with Gasteiger partial charge in [0.1, 0.15) is 11.5 Å². The minimum Gasteiger partial charge on any atom is -0.484 e. The molecule has 6 nitrogen and oxygen atoms in total. The number of amides is 2. The Morgan fingerprint density at radius 2 is 1.23 bits per heavy atom. The first-order valence-electron chi connectivity index (χ1n) is 11.4. The van der Waals surface area contributed by atoms with Gasteiger partial charge in [0.15, 0.2) is 12.8 Å². The number of nitrogens with zero attached hydrogens (tertiary/aromatic N) is 2. The summed E-state index contributed by atoms with van der Waals surface area (Å²) in [7, 11) is 0. The Morgan fingerprint density at radius 3 is 1.83 bits per heavy atom. The molecule has 5 rings (SSSR count). The lowest BCUT2D eigenvalue weighted by Gasteiger charge is -2.50. The predicted molar refractivity (Wildman–Crippen MR) is 134 cm³/mol. The SMILES string of the molecule is O=C(COc1ccccc1)N(c1ccccc1)C1C(Oc2ccccc2)C(=O)N1c1ccccc1. The summed E-state index contributed by atoms with van der Waals surface area (Å²) in [5.74, 6) is 0.642. The first kappa shape index (κ1) is 22.2. The van der Waals surface area contributed by atoms with Gasteiger partial charge in [-0.05, 0) is 48.5 Å². The van der Waals surface area contributed by atoms with Crippen molar-refractivity contribution in [1.82, 2.24) is 0 Å². The zero-order valence-electron chi connectivity index (χ0n) is 18.9. The molecule has 35 heavy (non-hydrogen) atoms. The Kier molecular flexibility index (Phi) is 6.44. The summed E-state index contributed by atoms with van der Waals surface area (Å²) < 4.78 is 11.9. The van der Waals surface area contributed by atoms with E-state index in [1.165, 1.54) is 0 Å². The van der Waals surface area contributed by atoms with Crippen LogP contribution in [0.1, 0.15) is 0 Å². The summed E-state index contributed by atoms with van der Waals surface area (Å²) in [5, 5.41) is 0. The van der Waals surface area contributed by atoms with E-state index >= 15 is 0 Å². The second kappa shape index (κ2) is 10.1. The Hall–Kier alpha value is -4.58. The monoisotopic (exact) mass is 464 g/mol. The fraction of sp³-hybridized carbons (Fsp3) is 0.103. The van der Waals surface area contributed by atoms with Crippen LogP contribution >= 0.6 is 0 Å². The molecule has 2 amide bonds. The number of anilines is 2. The quantitative estimate of drug-likeness (QED) is 0.348. The fourth-order valence-corrected chi connectivity index (χ4v) is 4.09. The van der Waals surface area contributed by atoms with Gasteiger partial charge in [0.2, 0.25) is 6.10 Å². The van der Waals surface area contributed by atoms with Crippen LogP contribution in [0, 0.1) is 0 Å². The number of benzene rings is 4. The molecule has 2 atom stereocenters. The molecule has 0 bridgehead atoms. The first-order chi connectivity index (χ1) is 17.2. The highest BCUT2D eigenvalue weighted by Crippen LogP contribution is 2.35. The highest BCUT2D eigenvalue weighted by Gasteiger charge is 2.55. The molecule has 4 aromatic carbocycles. The number of carbonyl (C=O) groups excluding carboxylic acids is 2. The van der Waals surface area contributed by atoms with Crippen molar-refractivity contribution >= 4 is 23.2 Å². The van der Waals surface area contributed by atoms with Gasteiger partial charge in [-0.1, -0.05) is 72.8 Å². The van der Waals surface area contributed by atoms with E-state index in [4.69, 9.17) is 9.47 Å². The topological polar surface area (TPSA) is 59.1 Å². The Labute approximate surface area is 203 Å². The average molecular weight is 465 g/mol. The van der Waals surface area contributed by atoms with Crippen LogP contribution in [0.25, 0.3) is 0 Å². The Morgan fingerprint density at radius 1 is 0.714 bits per heavy atom. The average Bonchev–Trinajstić information content (AvgIpc) is 2.92. The molecule has 1 aliphatic rings. The molecule has 0 aromatic heterocycles. The zero-order chi connectivity index (χ0) is 24.0. The van der Waals surface area contributed by atoms with Gasteiger partial charge in [0.25, 0.3) is 11.8 Å². The molecule has 0 radical (unpaired) electrons. The van der Waals surface area contributed by atoms with Crippen molar-refractivity contribution in [2.75, 3.05) is 16.4 Å². The molecule has 1 aliphatic heterocycles. The van der Waals surface area contributed by atoms with E-state index in [2.05, 4.69) is 0 Å². The van der Waals surface area contributed by atoms with Gasteiger partial charge >= 0.3 is 0 Å². The molecule has 1 heterocycles. The second-order valence-electron chi connectivity index (χ2n) is 8.01. The van der Waals surface area contributed by atoms with Crippen LogP contribution < -0.4 is 19.3 Å². The summed E-state index contributed by atoms with van der Waals surface area (Å²) in [6.07, 6.45) is -1.57. The van der Waals surface area contributed by atoms with Gasteiger partial charge in [-0.15, -0.1) is 0 Å². The largest absolute Gasteiger partial charge is 0.484 e. The van der Waals surface area contributed by atoms with Gasteiger partial charge in [-0.2, -0.15) is 0 Å². The van der Waals surface area contributed by atoms with E-state index < -0.39 is 12.3 Å². The summed E-state index contributed by atoms with van der Waals surface area (Å²) >= 11 is 0. The molecule has 1 saturated heterocycles. The highest BCUT2D eigenvalue weighted by atomic mass is 16.5. The molecule has 2 unspecified atom stereocenters. The molecular formula is C29H24N2O4. The van der Waals surface area contributed by atoms with Crippen LogP contribution in [-0.2, 0) is 9.59 Å². The molecular weight excluding hydrogens is 440 g/mol. The molecule has 0 aliphatic carbocycles. The number of hydrogen-bond acceptors (Lipinski definition) is 4. The van der Waals surface area contributed by atoms with Crippen LogP contribution in [0.15, 0.2) is 121 Å². The number of rotatable bonds is 8. The molecule has 0 N–H and O–H groups in total. The van der Waals surface area contributed by atoms with Crippen molar-refractivity contribution in [1.29, 1.82) is 0 Å². The fourth-order valence-electron chi connectivity index (χ4n) is 4.09. The van der Waals surface area contributed by atoms with Crippen LogP contribution in [0.4, 0.5) is 11.4 Å². The smallest absolute Gasteiger partial charge is 0.274 e. The van der Waals surface area contributed by atoms with Crippen molar-refractivity contribution in [2.24, 2.45) is 0 Å². The third kappa shape index (κ3) is 4.73. The number of carbonyl (C=O) groups is 2. The number of hydrogen-bond donors (Lipinski definition) is 0. The van der Waals surface area contributed by atoms with E-state index in [9.17, 15) is 9.59 Å². The van der Waals surface area contributed by atoms with E-state index in [1.54, 1.807) is 34.1 Å². The third-order valence-electron chi connectivity index (χ3n) is 5.73. The van der Waals surface area contributed by atoms with Gasteiger partial charge in [0.05, 0.1) is 0 Å². The van der Waals surface area contributed by atoms with Crippen molar-refractivity contribution in [3.63, 3.8) is 0 Å². The van der Waals surface area contributed by atoms with E-state index in [0.717, 1.165) is 0 Å². The van der Waals surface area contributed by atoms with Crippen molar-refractivity contribution < 1.29 is 19.1 Å². The van der Waals surface area contributed by atoms with E-state index in [1.807, 2.05) is 97.1 Å². The molecule has 0 spiro atoms. The lowest BCUT2D eigenvalue weighted by atomic mass is 10.0. The maximum absolute atomic E-state index is 13.6. The Bertz CT molecular complexity index is 1270. The van der Waals surface area contributed by atoms with Crippen molar-refractivity contribution in [2.45, 2.75) is 12.3 Å². The van der Waals surface area contributed by atoms with Crippen LogP contribution in [0.3, 0.4) is 0 Å². The second-order valence-corrected chi connectivity index (χ2v) is 8.01. The molecule has 0 saturated carbocycles. The van der Waals surface area contributed by atoms with Gasteiger partial charge in [-0.3, -0.25) is 19.4 Å². The summed E-state index contributed by atoms with van der Waals surface area (Å²) in [6, 6.07) is 36.9. The number of ether oxygens (including phenoxy) is 2. The van der Waals surface area contributed by atoms with Gasteiger partial charge < -0.3 is 9.47 Å². The maximum atomic E-state index is 13.6. The zero-order valence-corrected chi connectivity index (χ0v) is 18.9. The maximum Gasteiger partial charge on any atom is 0.274 e. The van der Waals surface area contributed by atoms with Gasteiger partial charge in [-0.25, -0.2) is 0 Å². The lowest BCUT2D eigenvalue weighted by Crippen LogP contribution is -2.75. The number of para-hydroxylation sites is 4. The lowest BCUT2D eigenvalue weighted by molar-refractivity contribution is -0.136. The van der Waals surface area contributed by atoms with Crippen LogP contribution in [0.5, 0.6) is 11.5 Å². The molecule has 174 valence electrons. The van der Waals surface area contributed by atoms with Crippen molar-refractivity contribution in [3.8, 4) is 11.5 Å². The standard InChI is InChI=1S/C29H24N2O4/c32-26(21-34-24-17-9-3-10-18-24)30(22-13-5-1-6-14-22)28-27(35-25-19-11-4-12-20-25)29(33)31(28)23-15-7-2-8-16-23/h1-20,27-28H,21H2. The van der Waals surface area contributed by atoms with Crippen molar-refractivity contribution in [3.05, 3.63) is 121 Å². The van der Waals surface area contributed by atoms with E-state index in [0.29, 0.717) is 22.9 Å². The normalized spacial score (nSPS) is 16.8. The first-order valence-corrected chi connectivity index (χ1v) is 11.4. The summed E-state index contributed by atoms with van der Waals surface area (Å²) in [4.78, 5) is 30.2. The summed E-state index contributed by atoms with van der Waals surface area (Å²) in [5.41, 5.74) is 1.34.